The lowest BCUT2D eigenvalue weighted by Gasteiger charge is -2.10. The number of aromatic nitrogens is 2. The molecule has 6 heteroatoms. The van der Waals surface area contributed by atoms with Crippen LogP contribution in [0.4, 0.5) is 4.79 Å². The van der Waals surface area contributed by atoms with E-state index in [2.05, 4.69) is 9.98 Å². The van der Waals surface area contributed by atoms with Crippen LogP contribution < -0.4 is 10.8 Å². The second-order valence-electron chi connectivity index (χ2n) is 4.68. The first-order chi connectivity index (χ1) is 9.43. The number of hydrogen-bond donors (Lipinski definition) is 1. The molecule has 6 nitrogen and oxygen atoms in total. The summed E-state index contributed by atoms with van der Waals surface area (Å²) in [5.41, 5.74) is 5.10. The molecule has 0 bridgehead atoms. The van der Waals surface area contributed by atoms with E-state index in [1.54, 1.807) is 11.5 Å². The van der Waals surface area contributed by atoms with E-state index in [1.165, 1.54) is 0 Å². The average molecular weight is 272 g/mol. The zero-order valence-electron chi connectivity index (χ0n) is 11.9. The third-order valence-electron chi connectivity index (χ3n) is 3.27. The van der Waals surface area contributed by atoms with Crippen molar-refractivity contribution in [2.75, 3.05) is 0 Å². The predicted octanol–water partition coefficient (Wildman–Crippen LogP) is 1.27. The molecule has 0 unspecified atom stereocenters. The molecule has 0 aliphatic rings. The van der Waals surface area contributed by atoms with Crippen LogP contribution >= 0.6 is 0 Å². The van der Waals surface area contributed by atoms with Gasteiger partial charge in [0.05, 0.1) is 16.7 Å². The summed E-state index contributed by atoms with van der Waals surface area (Å²) in [7, 11) is 1.82. The van der Waals surface area contributed by atoms with Gasteiger partial charge in [-0.3, -0.25) is 10.1 Å². The molecule has 0 saturated carbocycles. The van der Waals surface area contributed by atoms with E-state index in [4.69, 9.17) is 0 Å². The lowest BCUT2D eigenvalue weighted by molar-refractivity contribution is -0.108. The lowest BCUT2D eigenvalue weighted by atomic mass is 10.1. The Morgan fingerprint density at radius 3 is 2.60 bits per heavy atom. The average Bonchev–Trinajstić information content (AvgIpc) is 2.38. The normalized spacial score (nSPS) is 11.7. The van der Waals surface area contributed by atoms with E-state index in [0.29, 0.717) is 17.6 Å². The molecule has 1 aromatic heterocycles. The molecule has 1 heterocycles. The molecule has 0 fully saturated rings. The minimum absolute atomic E-state index is 0.309. The van der Waals surface area contributed by atoms with Gasteiger partial charge in [-0.2, -0.15) is 4.99 Å². The summed E-state index contributed by atoms with van der Waals surface area (Å²) in [6.07, 6.45) is 0.309. The molecular weight excluding hydrogens is 256 g/mol. The SMILES string of the molecule is Cc1cc2nc(C)/c(=N\C(=O)NC=O)n(C)c2cc1C. The van der Waals surface area contributed by atoms with Crippen molar-refractivity contribution >= 4 is 23.5 Å². The van der Waals surface area contributed by atoms with E-state index in [1.807, 2.05) is 38.3 Å². The zero-order valence-corrected chi connectivity index (χ0v) is 11.9. The van der Waals surface area contributed by atoms with Crippen LogP contribution in [0.25, 0.3) is 11.0 Å². The highest BCUT2D eigenvalue weighted by Gasteiger charge is 2.07. The Bertz CT molecular complexity index is 775. The molecule has 3 amide bonds. The van der Waals surface area contributed by atoms with E-state index in [0.717, 1.165) is 22.2 Å². The molecule has 1 N–H and O–H groups in total. The van der Waals surface area contributed by atoms with Gasteiger partial charge in [0.1, 0.15) is 0 Å². The van der Waals surface area contributed by atoms with Crippen LogP contribution in [0.2, 0.25) is 0 Å². The zero-order chi connectivity index (χ0) is 14.9. The standard InChI is InChI=1S/C14H16N4O2/c1-8-5-11-12(6-9(8)2)18(4)13(10(3)16-11)17-14(20)15-7-19/h5-7H,1-4H3,(H,15,19,20)/b17-13+. The molecule has 0 saturated heterocycles. The highest BCUT2D eigenvalue weighted by atomic mass is 16.2. The van der Waals surface area contributed by atoms with Gasteiger partial charge < -0.3 is 4.57 Å². The second kappa shape index (κ2) is 5.24. The number of aryl methyl sites for hydroxylation is 4. The van der Waals surface area contributed by atoms with Crippen molar-refractivity contribution in [2.45, 2.75) is 20.8 Å². The van der Waals surface area contributed by atoms with Gasteiger partial charge in [0.25, 0.3) is 0 Å². The number of rotatable bonds is 1. The van der Waals surface area contributed by atoms with Crippen LogP contribution in [0.1, 0.15) is 16.8 Å². The third kappa shape index (κ3) is 2.45. The molecule has 0 radical (unpaired) electrons. The van der Waals surface area contributed by atoms with Crippen LogP contribution in [-0.4, -0.2) is 22.0 Å². The Morgan fingerprint density at radius 1 is 1.30 bits per heavy atom. The molecule has 104 valence electrons. The summed E-state index contributed by atoms with van der Waals surface area (Å²) in [6.45, 7) is 5.83. The topological polar surface area (TPSA) is 76.3 Å². The number of amides is 3. The second-order valence-corrected chi connectivity index (χ2v) is 4.68. The first-order valence-corrected chi connectivity index (χ1v) is 6.17. The highest BCUT2D eigenvalue weighted by Crippen LogP contribution is 2.16. The fourth-order valence-corrected chi connectivity index (χ4v) is 2.07. The Balaban J connectivity index is 2.77. The highest BCUT2D eigenvalue weighted by molar-refractivity contribution is 5.85. The fourth-order valence-electron chi connectivity index (χ4n) is 2.07. The van der Waals surface area contributed by atoms with E-state index in [-0.39, 0.29) is 0 Å². The smallest absolute Gasteiger partial charge is 0.326 e. The van der Waals surface area contributed by atoms with Gasteiger partial charge in [0.2, 0.25) is 6.41 Å². The van der Waals surface area contributed by atoms with Gasteiger partial charge in [0.15, 0.2) is 5.49 Å². The summed E-state index contributed by atoms with van der Waals surface area (Å²) >= 11 is 0. The number of carbonyl (C=O) groups is 2. The van der Waals surface area contributed by atoms with Crippen LogP contribution in [0.15, 0.2) is 17.1 Å². The third-order valence-corrected chi connectivity index (χ3v) is 3.27. The van der Waals surface area contributed by atoms with Crippen LogP contribution in [0.5, 0.6) is 0 Å². The van der Waals surface area contributed by atoms with Gasteiger partial charge in [0, 0.05) is 7.05 Å². The van der Waals surface area contributed by atoms with Crippen molar-refractivity contribution in [2.24, 2.45) is 12.0 Å². The molecule has 2 rings (SSSR count). The maximum absolute atomic E-state index is 11.4. The number of fused-ring (bicyclic) bond motifs is 1. The van der Waals surface area contributed by atoms with Gasteiger partial charge in [-0.05, 0) is 44.0 Å². The Kier molecular flexibility index (Phi) is 3.65. The molecule has 0 aliphatic carbocycles. The number of benzene rings is 1. The molecule has 0 aliphatic heterocycles. The first kappa shape index (κ1) is 13.9. The van der Waals surface area contributed by atoms with Gasteiger partial charge in [-0.25, -0.2) is 9.78 Å². The van der Waals surface area contributed by atoms with Crippen LogP contribution in [0.3, 0.4) is 0 Å². The fraction of sp³-hybridized carbons (Fsp3) is 0.286. The van der Waals surface area contributed by atoms with Gasteiger partial charge in [-0.1, -0.05) is 0 Å². The summed E-state index contributed by atoms with van der Waals surface area (Å²) < 4.78 is 1.80. The summed E-state index contributed by atoms with van der Waals surface area (Å²) in [5, 5.41) is 1.99. The van der Waals surface area contributed by atoms with E-state index < -0.39 is 6.03 Å². The number of nitrogens with zero attached hydrogens (tertiary/aromatic N) is 3. The molecule has 20 heavy (non-hydrogen) atoms. The van der Waals surface area contributed by atoms with Crippen LogP contribution in [-0.2, 0) is 11.8 Å². The van der Waals surface area contributed by atoms with Crippen molar-refractivity contribution in [3.8, 4) is 0 Å². The molecule has 2 aromatic rings. The molecular formula is C14H16N4O2. The van der Waals surface area contributed by atoms with E-state index >= 15 is 0 Å². The number of carbonyl (C=O) groups excluding carboxylic acids is 2. The maximum Gasteiger partial charge on any atom is 0.349 e. The Labute approximate surface area is 116 Å². The van der Waals surface area contributed by atoms with E-state index in [9.17, 15) is 9.59 Å². The van der Waals surface area contributed by atoms with Gasteiger partial charge in [-0.15, -0.1) is 0 Å². The quantitative estimate of drug-likeness (QED) is 0.794. The summed E-state index contributed by atoms with van der Waals surface area (Å²) in [4.78, 5) is 30.0. The number of nitrogens with one attached hydrogen (secondary N) is 1. The number of urea groups is 1. The Morgan fingerprint density at radius 2 is 1.95 bits per heavy atom. The number of imide groups is 1. The largest absolute Gasteiger partial charge is 0.349 e. The van der Waals surface area contributed by atoms with Crippen molar-refractivity contribution in [1.29, 1.82) is 0 Å². The van der Waals surface area contributed by atoms with Gasteiger partial charge >= 0.3 is 6.03 Å². The summed E-state index contributed by atoms with van der Waals surface area (Å²) in [5.74, 6) is 0. The molecule has 0 atom stereocenters. The Hall–Kier alpha value is -2.50. The molecule has 1 aromatic carbocycles. The van der Waals surface area contributed by atoms with Crippen molar-refractivity contribution in [1.82, 2.24) is 14.9 Å². The number of hydrogen-bond acceptors (Lipinski definition) is 3. The van der Waals surface area contributed by atoms with Crippen LogP contribution in [0, 0.1) is 20.8 Å². The first-order valence-electron chi connectivity index (χ1n) is 6.17. The summed E-state index contributed by atoms with van der Waals surface area (Å²) in [6, 6.07) is 3.31. The van der Waals surface area contributed by atoms with Crippen molar-refractivity contribution in [3.05, 3.63) is 34.4 Å². The molecule has 0 spiro atoms. The monoisotopic (exact) mass is 272 g/mol. The van der Waals surface area contributed by atoms with Crippen molar-refractivity contribution < 1.29 is 9.59 Å². The minimum Gasteiger partial charge on any atom is -0.326 e. The predicted molar refractivity (Wildman–Crippen MR) is 75.1 cm³/mol. The maximum atomic E-state index is 11.4. The lowest BCUT2D eigenvalue weighted by Crippen LogP contribution is -2.28. The van der Waals surface area contributed by atoms with Crippen molar-refractivity contribution in [3.63, 3.8) is 0 Å². The minimum atomic E-state index is -0.705.